The monoisotopic (exact) mass is 223 g/mol. The average Bonchev–Trinajstić information content (AvgIpc) is 2.55. The first-order chi connectivity index (χ1) is 8.25. The van der Waals surface area contributed by atoms with Crippen molar-refractivity contribution >= 4 is 23.7 Å². The topological polar surface area (TPSA) is 20.3 Å². The normalized spacial score (nSPS) is 24.5. The molecule has 0 N–H and O–H groups in total. The van der Waals surface area contributed by atoms with Gasteiger partial charge in [0.1, 0.15) is 0 Å². The Kier molecular flexibility index (Phi) is 2.22. The first-order valence-electron chi connectivity index (χ1n) is 5.70. The van der Waals surface area contributed by atoms with E-state index in [1.54, 1.807) is 4.90 Å². The average molecular weight is 223 g/mol. The Morgan fingerprint density at radius 2 is 1.65 bits per heavy atom. The summed E-state index contributed by atoms with van der Waals surface area (Å²) in [6, 6.07) is 4.21. The summed E-state index contributed by atoms with van der Waals surface area (Å²) in [4.78, 5) is 13.4. The summed E-state index contributed by atoms with van der Waals surface area (Å²) in [6.45, 7) is 0. The van der Waals surface area contributed by atoms with Crippen LogP contribution in [0.1, 0.15) is 5.56 Å². The number of likely N-dealkylation sites (N-methyl/N-ethyl adjacent to an activating group) is 1. The molecule has 1 aromatic rings. The number of rotatable bonds is 0. The van der Waals surface area contributed by atoms with E-state index >= 15 is 0 Å². The molecular formula is C15H13NO. The van der Waals surface area contributed by atoms with Crippen LogP contribution in [0.5, 0.6) is 0 Å². The van der Waals surface area contributed by atoms with Crippen LogP contribution in [0.25, 0.3) is 12.2 Å². The molecule has 17 heavy (non-hydrogen) atoms. The van der Waals surface area contributed by atoms with Gasteiger partial charge in [-0.05, 0) is 28.1 Å². The summed E-state index contributed by atoms with van der Waals surface area (Å²) in [5.74, 6) is 0.170. The third kappa shape index (κ3) is 1.62. The van der Waals surface area contributed by atoms with Crippen molar-refractivity contribution in [2.45, 2.75) is 6.42 Å². The number of carbonyl (C=O) groups excluding carboxylic acids is 1. The molecule has 0 radical (unpaired) electrons. The van der Waals surface area contributed by atoms with Gasteiger partial charge >= 0.3 is 0 Å². The molecule has 0 spiro atoms. The largest absolute Gasteiger partial charge is 0.315 e. The van der Waals surface area contributed by atoms with Crippen LogP contribution in [0.2, 0.25) is 0 Å². The quantitative estimate of drug-likeness (QED) is 0.639. The van der Waals surface area contributed by atoms with Crippen LogP contribution in [0, 0.1) is 0 Å². The molecule has 0 fully saturated rings. The molecule has 2 heteroatoms. The van der Waals surface area contributed by atoms with E-state index in [0.29, 0.717) is 6.42 Å². The highest BCUT2D eigenvalue weighted by Gasteiger charge is 2.23. The molecule has 0 saturated heterocycles. The van der Waals surface area contributed by atoms with Gasteiger partial charge in [0, 0.05) is 12.7 Å². The second kappa shape index (κ2) is 3.74. The number of nitrogens with zero attached hydrogens (tertiary/aromatic N) is 1. The molecule has 1 aliphatic heterocycles. The van der Waals surface area contributed by atoms with Gasteiger partial charge in [-0.3, -0.25) is 4.79 Å². The molecule has 1 aromatic carbocycles. The lowest BCUT2D eigenvalue weighted by Crippen LogP contribution is -2.26. The summed E-state index contributed by atoms with van der Waals surface area (Å²) >= 11 is 0. The maximum atomic E-state index is 11.7. The molecular weight excluding hydrogens is 210 g/mol. The lowest BCUT2D eigenvalue weighted by molar-refractivity contribution is -0.117. The summed E-state index contributed by atoms with van der Waals surface area (Å²) in [6.07, 6.45) is 12.7. The number of amides is 1. The first kappa shape index (κ1) is 10.1. The van der Waals surface area contributed by atoms with Crippen molar-refractivity contribution in [3.05, 3.63) is 52.4 Å². The van der Waals surface area contributed by atoms with E-state index in [1.165, 1.54) is 5.22 Å². The zero-order chi connectivity index (χ0) is 11.8. The number of hydrogen-bond acceptors (Lipinski definition) is 1. The minimum absolute atomic E-state index is 0.170. The molecule has 1 aliphatic carbocycles. The lowest BCUT2D eigenvalue weighted by atomic mass is 10.1. The van der Waals surface area contributed by atoms with Crippen LogP contribution in [0.3, 0.4) is 0 Å². The highest BCUT2D eigenvalue weighted by atomic mass is 16.2. The van der Waals surface area contributed by atoms with Crippen molar-refractivity contribution in [1.82, 2.24) is 0 Å². The molecule has 1 heterocycles. The second-order valence-corrected chi connectivity index (χ2v) is 4.34. The lowest BCUT2D eigenvalue weighted by Gasteiger charge is -2.09. The third-order valence-corrected chi connectivity index (χ3v) is 3.25. The molecule has 2 aliphatic rings. The molecule has 2 nitrogen and oxygen atoms in total. The van der Waals surface area contributed by atoms with Gasteiger partial charge in [-0.15, -0.1) is 0 Å². The van der Waals surface area contributed by atoms with Gasteiger partial charge in [0.2, 0.25) is 5.91 Å². The fourth-order valence-electron chi connectivity index (χ4n) is 2.27. The highest BCUT2D eigenvalue weighted by Crippen LogP contribution is 2.24. The van der Waals surface area contributed by atoms with Crippen molar-refractivity contribution < 1.29 is 4.79 Å². The Balaban J connectivity index is 2.31. The molecule has 0 bridgehead atoms. The first-order valence-corrected chi connectivity index (χ1v) is 5.70. The molecule has 0 saturated carbocycles. The van der Waals surface area contributed by atoms with Crippen molar-refractivity contribution in [3.8, 4) is 0 Å². The third-order valence-electron chi connectivity index (χ3n) is 3.25. The Morgan fingerprint density at radius 3 is 2.35 bits per heavy atom. The Labute approximate surface area is 99.9 Å². The van der Waals surface area contributed by atoms with Gasteiger partial charge in [-0.2, -0.15) is 0 Å². The standard InChI is InChI=1S/C15H13NO/c1-16-14-9-12-7-5-3-2-4-6-11(12)8-13(14)10-15(16)17/h2-9H,10H2,1H3/b3-2?,4-2-,5-3-,6-4?,7-5?,11-6-,12-7-. The summed E-state index contributed by atoms with van der Waals surface area (Å²) in [5, 5.41) is 2.33. The van der Waals surface area contributed by atoms with Gasteiger partial charge < -0.3 is 4.90 Å². The van der Waals surface area contributed by atoms with E-state index in [2.05, 4.69) is 24.3 Å². The van der Waals surface area contributed by atoms with Gasteiger partial charge in [-0.1, -0.05) is 36.5 Å². The van der Waals surface area contributed by atoms with Crippen LogP contribution in [0.4, 0.5) is 5.69 Å². The smallest absolute Gasteiger partial charge is 0.231 e. The fraction of sp³-hybridized carbons (Fsp3) is 0.133. The number of anilines is 1. The van der Waals surface area contributed by atoms with E-state index in [1.807, 2.05) is 31.4 Å². The molecule has 84 valence electrons. The number of benzene rings is 1. The van der Waals surface area contributed by atoms with E-state index < -0.39 is 0 Å². The minimum atomic E-state index is 0.170. The summed E-state index contributed by atoms with van der Waals surface area (Å²) in [7, 11) is 1.84. The van der Waals surface area contributed by atoms with Gasteiger partial charge in [-0.25, -0.2) is 0 Å². The molecule has 0 aromatic heterocycles. The number of fused-ring (bicyclic) bond motifs is 2. The van der Waals surface area contributed by atoms with Crippen LogP contribution < -0.4 is 15.3 Å². The number of allylic oxidation sites excluding steroid dienone is 4. The highest BCUT2D eigenvalue weighted by molar-refractivity contribution is 6.00. The van der Waals surface area contributed by atoms with Crippen LogP contribution in [-0.4, -0.2) is 13.0 Å². The van der Waals surface area contributed by atoms with E-state index in [4.69, 9.17) is 0 Å². The van der Waals surface area contributed by atoms with E-state index in [0.717, 1.165) is 16.5 Å². The number of hydrogen-bond donors (Lipinski definition) is 0. The van der Waals surface area contributed by atoms with Crippen molar-refractivity contribution in [2.24, 2.45) is 0 Å². The number of carbonyl (C=O) groups is 1. The maximum absolute atomic E-state index is 11.7. The fourth-order valence-corrected chi connectivity index (χ4v) is 2.27. The van der Waals surface area contributed by atoms with Crippen LogP contribution in [-0.2, 0) is 11.2 Å². The predicted molar refractivity (Wildman–Crippen MR) is 70.0 cm³/mol. The van der Waals surface area contributed by atoms with Crippen molar-refractivity contribution in [1.29, 1.82) is 0 Å². The minimum Gasteiger partial charge on any atom is -0.315 e. The Morgan fingerprint density at radius 1 is 1.00 bits per heavy atom. The second-order valence-electron chi connectivity index (χ2n) is 4.34. The summed E-state index contributed by atoms with van der Waals surface area (Å²) in [5.41, 5.74) is 2.16. The van der Waals surface area contributed by atoms with E-state index in [-0.39, 0.29) is 5.91 Å². The van der Waals surface area contributed by atoms with Crippen LogP contribution in [0.15, 0.2) is 36.4 Å². The molecule has 3 rings (SSSR count). The predicted octanol–water partition coefficient (Wildman–Crippen LogP) is 0.893. The zero-order valence-electron chi connectivity index (χ0n) is 9.68. The van der Waals surface area contributed by atoms with Crippen molar-refractivity contribution in [2.75, 3.05) is 11.9 Å². The van der Waals surface area contributed by atoms with Crippen LogP contribution >= 0.6 is 0 Å². The Hall–Kier alpha value is -2.09. The van der Waals surface area contributed by atoms with Gasteiger partial charge in [0.15, 0.2) is 0 Å². The zero-order valence-corrected chi connectivity index (χ0v) is 9.68. The SMILES string of the molecule is CN1C(=O)Cc2cc3/c(cc21)=C\C=C/C=C\C=3. The van der Waals surface area contributed by atoms with Crippen molar-refractivity contribution in [3.63, 3.8) is 0 Å². The summed E-state index contributed by atoms with van der Waals surface area (Å²) < 4.78 is 0. The molecule has 1 amide bonds. The molecule has 0 unspecified atom stereocenters. The van der Waals surface area contributed by atoms with E-state index in [9.17, 15) is 4.79 Å². The Bertz CT molecular complexity index is 665. The molecule has 0 atom stereocenters. The van der Waals surface area contributed by atoms with Gasteiger partial charge in [0.05, 0.1) is 6.42 Å². The maximum Gasteiger partial charge on any atom is 0.231 e. The van der Waals surface area contributed by atoms with Gasteiger partial charge in [0.25, 0.3) is 0 Å².